The highest BCUT2D eigenvalue weighted by atomic mass is 16.7. The summed E-state index contributed by atoms with van der Waals surface area (Å²) in [5.41, 5.74) is 4.96. The summed E-state index contributed by atoms with van der Waals surface area (Å²) in [5, 5.41) is 0. The Balaban J connectivity index is 1.45. The summed E-state index contributed by atoms with van der Waals surface area (Å²) in [5.74, 6) is 4.16. The van der Waals surface area contributed by atoms with E-state index in [0.29, 0.717) is 6.79 Å². The van der Waals surface area contributed by atoms with Gasteiger partial charge in [-0.2, -0.15) is 0 Å². The second kappa shape index (κ2) is 7.84. The van der Waals surface area contributed by atoms with Gasteiger partial charge in [-0.1, -0.05) is 48.6 Å². The monoisotopic (exact) mass is 442 g/mol. The predicted octanol–water partition coefficient (Wildman–Crippen LogP) is 4.43. The molecule has 2 heterocycles. The Bertz CT molecular complexity index is 1220. The third kappa shape index (κ3) is 3.10. The number of fused-ring (bicyclic) bond motifs is 6. The Hall–Kier alpha value is -3.47. The number of hydrogen-bond donors (Lipinski definition) is 0. The van der Waals surface area contributed by atoms with Gasteiger partial charge in [0, 0.05) is 5.92 Å². The Morgan fingerprint density at radius 2 is 1.79 bits per heavy atom. The number of rotatable bonds is 4. The molecule has 5 nitrogen and oxygen atoms in total. The molecule has 4 unspecified atom stereocenters. The number of hydrogen-bond acceptors (Lipinski definition) is 4. The van der Waals surface area contributed by atoms with Gasteiger partial charge in [0.1, 0.15) is 7.05 Å². The van der Waals surface area contributed by atoms with Crippen LogP contribution in [0.4, 0.5) is 0 Å². The van der Waals surface area contributed by atoms with Crippen molar-refractivity contribution in [2.24, 2.45) is 11.8 Å². The fourth-order valence-corrected chi connectivity index (χ4v) is 5.98. The van der Waals surface area contributed by atoms with Crippen molar-refractivity contribution in [3.8, 4) is 11.5 Å². The van der Waals surface area contributed by atoms with E-state index < -0.39 is 0 Å². The Morgan fingerprint density at radius 3 is 2.58 bits per heavy atom. The highest BCUT2D eigenvalue weighted by Crippen LogP contribution is 2.50. The Labute approximate surface area is 194 Å². The third-order valence-electron chi connectivity index (χ3n) is 7.40. The van der Waals surface area contributed by atoms with Crippen LogP contribution >= 0.6 is 0 Å². The number of nitrogens with zero attached hydrogens (tertiary/aromatic N) is 1. The zero-order chi connectivity index (χ0) is 22.5. The summed E-state index contributed by atoms with van der Waals surface area (Å²) < 4.78 is 25.5. The van der Waals surface area contributed by atoms with Crippen molar-refractivity contribution in [2.75, 3.05) is 28.1 Å². The molecule has 6 rings (SSSR count). The van der Waals surface area contributed by atoms with Gasteiger partial charge in [0.05, 0.1) is 31.6 Å². The quantitative estimate of drug-likeness (QED) is 0.519. The van der Waals surface area contributed by atoms with E-state index in [2.05, 4.69) is 72.5 Å². The average Bonchev–Trinajstić information content (AvgIpc) is 3.32. The van der Waals surface area contributed by atoms with E-state index in [1.165, 1.54) is 16.7 Å². The molecule has 2 aromatic rings. The normalized spacial score (nSPS) is 26.6. The molecule has 2 aromatic carbocycles. The first-order chi connectivity index (χ1) is 16.2. The molecule has 0 bridgehead atoms. The van der Waals surface area contributed by atoms with Crippen LogP contribution in [0.1, 0.15) is 22.6 Å². The lowest BCUT2D eigenvalue weighted by molar-refractivity contribution is -0.546. The van der Waals surface area contributed by atoms with Gasteiger partial charge < -0.3 is 18.9 Å². The van der Waals surface area contributed by atoms with Crippen LogP contribution in [-0.4, -0.2) is 44.9 Å². The van der Waals surface area contributed by atoms with E-state index in [1.54, 1.807) is 14.2 Å². The lowest BCUT2D eigenvalue weighted by Gasteiger charge is -2.40. The maximum atomic E-state index is 5.97. The van der Waals surface area contributed by atoms with Crippen molar-refractivity contribution in [3.05, 3.63) is 94.5 Å². The number of methoxy groups -OCH3 is 2. The van der Waals surface area contributed by atoms with E-state index >= 15 is 0 Å². The Morgan fingerprint density at radius 1 is 0.970 bits per heavy atom. The SMILES string of the molecule is COc1ccc2c(c1OC)C=[N+](C)C1C2C=CC2C(Cc3ccccc3)=C3OCOC3=CC21. The zero-order valence-corrected chi connectivity index (χ0v) is 19.2. The first-order valence-electron chi connectivity index (χ1n) is 11.4. The van der Waals surface area contributed by atoms with Crippen molar-refractivity contribution >= 4 is 6.21 Å². The molecule has 0 spiro atoms. The number of allylic oxidation sites excluding steroid dienone is 2. The number of likely N-dealkylation sites (N-methyl/N-ethyl adjacent to an activating group) is 1. The molecule has 1 saturated heterocycles. The van der Waals surface area contributed by atoms with Crippen LogP contribution in [-0.2, 0) is 15.9 Å². The van der Waals surface area contributed by atoms with Gasteiger partial charge >= 0.3 is 0 Å². The fourth-order valence-electron chi connectivity index (χ4n) is 5.98. The maximum Gasteiger partial charge on any atom is 0.231 e. The van der Waals surface area contributed by atoms with Crippen LogP contribution in [0.3, 0.4) is 0 Å². The molecule has 0 saturated carbocycles. The predicted molar refractivity (Wildman–Crippen MR) is 126 cm³/mol. The van der Waals surface area contributed by atoms with Gasteiger partial charge in [-0.05, 0) is 35.3 Å². The molecule has 0 radical (unpaired) electrons. The lowest BCUT2D eigenvalue weighted by atomic mass is 9.65. The highest BCUT2D eigenvalue weighted by Gasteiger charge is 2.49. The summed E-state index contributed by atoms with van der Waals surface area (Å²) in [6, 6.07) is 15.1. The average molecular weight is 443 g/mol. The molecule has 33 heavy (non-hydrogen) atoms. The first-order valence-corrected chi connectivity index (χ1v) is 11.4. The molecule has 1 fully saturated rings. The van der Waals surface area contributed by atoms with Crippen molar-refractivity contribution in [3.63, 3.8) is 0 Å². The molecule has 168 valence electrons. The highest BCUT2D eigenvalue weighted by molar-refractivity contribution is 5.86. The maximum absolute atomic E-state index is 5.97. The molecule has 5 heteroatoms. The van der Waals surface area contributed by atoms with E-state index in [0.717, 1.165) is 35.0 Å². The van der Waals surface area contributed by atoms with Gasteiger partial charge in [0.2, 0.25) is 6.79 Å². The van der Waals surface area contributed by atoms with Gasteiger partial charge in [0.15, 0.2) is 35.3 Å². The fraction of sp³-hybridized carbons (Fsp3) is 0.321. The second-order valence-corrected chi connectivity index (χ2v) is 9.06. The van der Waals surface area contributed by atoms with Crippen molar-refractivity contribution in [2.45, 2.75) is 18.4 Å². The van der Waals surface area contributed by atoms with E-state index in [4.69, 9.17) is 18.9 Å². The largest absolute Gasteiger partial charge is 0.493 e. The van der Waals surface area contributed by atoms with Gasteiger partial charge in [-0.25, -0.2) is 4.58 Å². The molecule has 4 aliphatic rings. The van der Waals surface area contributed by atoms with E-state index in [-0.39, 0.29) is 23.8 Å². The number of ether oxygens (including phenoxy) is 4. The third-order valence-corrected chi connectivity index (χ3v) is 7.40. The van der Waals surface area contributed by atoms with Crippen LogP contribution in [0.5, 0.6) is 11.5 Å². The second-order valence-electron chi connectivity index (χ2n) is 9.06. The first kappa shape index (κ1) is 20.2. The molecule has 0 amide bonds. The van der Waals surface area contributed by atoms with Gasteiger partial charge in [0.25, 0.3) is 0 Å². The molecule has 4 atom stereocenters. The van der Waals surface area contributed by atoms with Crippen LogP contribution in [0.2, 0.25) is 0 Å². The minimum Gasteiger partial charge on any atom is -0.493 e. The number of benzene rings is 2. The van der Waals surface area contributed by atoms with Crippen molar-refractivity contribution in [1.29, 1.82) is 0 Å². The summed E-state index contributed by atoms with van der Waals surface area (Å²) in [6.45, 7) is 0.290. The van der Waals surface area contributed by atoms with Crippen molar-refractivity contribution in [1.82, 2.24) is 0 Å². The van der Waals surface area contributed by atoms with E-state index in [9.17, 15) is 0 Å². The van der Waals surface area contributed by atoms with Crippen LogP contribution in [0.15, 0.2) is 77.8 Å². The van der Waals surface area contributed by atoms with E-state index in [1.807, 2.05) is 6.07 Å². The van der Waals surface area contributed by atoms with Gasteiger partial charge in [-0.3, -0.25) is 0 Å². The minimum absolute atomic E-state index is 0.245. The molecular formula is C28H28NO4+. The minimum atomic E-state index is 0.245. The summed E-state index contributed by atoms with van der Waals surface area (Å²) in [6.07, 6.45) is 10.1. The summed E-state index contributed by atoms with van der Waals surface area (Å²) >= 11 is 0. The summed E-state index contributed by atoms with van der Waals surface area (Å²) in [4.78, 5) is 0. The smallest absolute Gasteiger partial charge is 0.231 e. The summed E-state index contributed by atoms with van der Waals surface area (Å²) in [7, 11) is 5.55. The molecule has 2 aliphatic carbocycles. The van der Waals surface area contributed by atoms with Crippen LogP contribution < -0.4 is 9.47 Å². The topological polar surface area (TPSA) is 39.9 Å². The van der Waals surface area contributed by atoms with Crippen LogP contribution in [0.25, 0.3) is 0 Å². The lowest BCUT2D eigenvalue weighted by Crippen LogP contribution is -2.46. The standard InChI is InChI=1S/C28H28NO4/c1-29-15-23-18(11-12-24(30-2)27(23)31-3)20-10-9-19-21(26(20)29)14-25-28(33-16-32-25)22(19)13-17-7-5-4-6-8-17/h4-12,14-15,19-21,26H,13,16H2,1-3H3/q+1. The molecule has 0 aromatic heterocycles. The Kier molecular flexibility index (Phi) is 4.79. The van der Waals surface area contributed by atoms with Gasteiger partial charge in [-0.15, -0.1) is 0 Å². The van der Waals surface area contributed by atoms with Crippen molar-refractivity contribution < 1.29 is 23.5 Å². The zero-order valence-electron chi connectivity index (χ0n) is 19.2. The molecular weight excluding hydrogens is 414 g/mol. The molecule has 0 N–H and O–H groups in total. The van der Waals surface area contributed by atoms with Crippen LogP contribution in [0, 0.1) is 11.8 Å². The molecule has 2 aliphatic heterocycles.